The van der Waals surface area contributed by atoms with Crippen molar-refractivity contribution in [3.8, 4) is 11.5 Å². The van der Waals surface area contributed by atoms with Gasteiger partial charge in [-0.2, -0.15) is 4.52 Å². The lowest BCUT2D eigenvalue weighted by Crippen LogP contribution is -2.08. The molecule has 0 fully saturated rings. The minimum atomic E-state index is -0.397. The average Bonchev–Trinajstić information content (AvgIpc) is 2.96. The Morgan fingerprint density at radius 2 is 2.14 bits per heavy atom. The number of ether oxygens (including phenoxy) is 1. The van der Waals surface area contributed by atoms with Gasteiger partial charge >= 0.3 is 0 Å². The molecule has 3 aromatic heterocycles. The molecule has 0 spiro atoms. The Balaban J connectivity index is 1.86. The van der Waals surface area contributed by atoms with E-state index in [0.29, 0.717) is 29.6 Å². The van der Waals surface area contributed by atoms with E-state index in [9.17, 15) is 4.39 Å². The predicted octanol–water partition coefficient (Wildman–Crippen LogP) is 1.77. The van der Waals surface area contributed by atoms with Gasteiger partial charge in [0.2, 0.25) is 5.82 Å². The van der Waals surface area contributed by atoms with Crippen LogP contribution in [-0.2, 0) is 4.74 Å². The highest BCUT2D eigenvalue weighted by Gasteiger charge is 2.11. The summed E-state index contributed by atoms with van der Waals surface area (Å²) in [5.41, 5.74) is 1.11. The second kappa shape index (κ2) is 6.44. The van der Waals surface area contributed by atoms with Gasteiger partial charge in [0.1, 0.15) is 17.3 Å². The van der Waals surface area contributed by atoms with E-state index in [2.05, 4.69) is 25.6 Å². The van der Waals surface area contributed by atoms with Crippen molar-refractivity contribution in [1.82, 2.24) is 24.8 Å². The third-order valence-electron chi connectivity index (χ3n) is 3.05. The zero-order chi connectivity index (χ0) is 15.4. The topological polar surface area (TPSA) is 77.2 Å². The predicted molar refractivity (Wildman–Crippen MR) is 79.0 cm³/mol. The molecular weight excluding hydrogens is 287 g/mol. The number of fused-ring (bicyclic) bond motifs is 1. The molecule has 8 heteroatoms. The second-order valence-electron chi connectivity index (χ2n) is 4.65. The fourth-order valence-corrected chi connectivity index (χ4v) is 1.98. The van der Waals surface area contributed by atoms with Gasteiger partial charge in [-0.05, 0) is 30.7 Å². The number of halogens is 1. The van der Waals surface area contributed by atoms with Crippen LogP contribution in [0, 0.1) is 5.82 Å². The molecule has 0 aromatic carbocycles. The summed E-state index contributed by atoms with van der Waals surface area (Å²) in [5.74, 6) is 0.772. The van der Waals surface area contributed by atoms with Crippen molar-refractivity contribution in [3.63, 3.8) is 0 Å². The molecule has 7 nitrogen and oxygen atoms in total. The van der Waals surface area contributed by atoms with Gasteiger partial charge in [-0.1, -0.05) is 0 Å². The molecule has 0 aliphatic heterocycles. The number of anilines is 1. The van der Waals surface area contributed by atoms with Crippen LogP contribution < -0.4 is 5.32 Å². The first-order chi connectivity index (χ1) is 10.8. The fraction of sp³-hybridized carbons (Fsp3) is 0.286. The van der Waals surface area contributed by atoms with Gasteiger partial charge in [0.15, 0.2) is 5.65 Å². The Hall–Kier alpha value is -2.61. The summed E-state index contributed by atoms with van der Waals surface area (Å²) in [6.45, 7) is 1.44. The second-order valence-corrected chi connectivity index (χ2v) is 4.65. The first kappa shape index (κ1) is 14.3. The molecule has 0 aliphatic carbocycles. The van der Waals surface area contributed by atoms with E-state index in [1.165, 1.54) is 6.07 Å². The molecule has 3 aromatic rings. The lowest BCUT2D eigenvalue weighted by molar-refractivity contribution is 0.197. The maximum Gasteiger partial charge on any atom is 0.203 e. The number of nitrogens with zero attached hydrogens (tertiary/aromatic N) is 5. The molecule has 0 saturated heterocycles. The lowest BCUT2D eigenvalue weighted by Gasteiger charge is -2.05. The Morgan fingerprint density at radius 1 is 1.23 bits per heavy atom. The number of rotatable bonds is 6. The fourth-order valence-electron chi connectivity index (χ4n) is 1.98. The molecule has 0 amide bonds. The molecule has 0 atom stereocenters. The van der Waals surface area contributed by atoms with Gasteiger partial charge in [0, 0.05) is 20.3 Å². The first-order valence-electron chi connectivity index (χ1n) is 6.85. The van der Waals surface area contributed by atoms with Crippen molar-refractivity contribution in [2.24, 2.45) is 0 Å². The molecule has 1 N–H and O–H groups in total. The van der Waals surface area contributed by atoms with Crippen LogP contribution in [-0.4, -0.2) is 45.1 Å². The smallest absolute Gasteiger partial charge is 0.203 e. The number of hydrogen-bond donors (Lipinski definition) is 1. The van der Waals surface area contributed by atoms with E-state index >= 15 is 0 Å². The van der Waals surface area contributed by atoms with Gasteiger partial charge in [-0.25, -0.2) is 9.37 Å². The van der Waals surface area contributed by atoms with Crippen molar-refractivity contribution in [2.75, 3.05) is 25.6 Å². The number of pyridine rings is 1. The molecule has 114 valence electrons. The van der Waals surface area contributed by atoms with Gasteiger partial charge in [0.25, 0.3) is 0 Å². The highest BCUT2D eigenvalue weighted by molar-refractivity contribution is 5.55. The zero-order valence-corrected chi connectivity index (χ0v) is 12.0. The van der Waals surface area contributed by atoms with E-state index in [-0.39, 0.29) is 0 Å². The minimum absolute atomic E-state index is 0.397. The minimum Gasteiger partial charge on any atom is -0.385 e. The van der Waals surface area contributed by atoms with Crippen LogP contribution in [0.4, 0.5) is 10.2 Å². The van der Waals surface area contributed by atoms with Gasteiger partial charge in [-0.3, -0.25) is 0 Å². The SMILES string of the molecule is COCCCNc1ccc2nnc(-c3ccc(F)cn3)n2n1. The van der Waals surface area contributed by atoms with Crippen molar-refractivity contribution >= 4 is 11.5 Å². The van der Waals surface area contributed by atoms with Crippen LogP contribution in [0.15, 0.2) is 30.5 Å². The van der Waals surface area contributed by atoms with Gasteiger partial charge in [0.05, 0.1) is 6.20 Å². The van der Waals surface area contributed by atoms with Crippen molar-refractivity contribution < 1.29 is 9.13 Å². The Morgan fingerprint density at radius 3 is 2.91 bits per heavy atom. The molecular formula is C14H15FN6O. The quantitative estimate of drug-likeness (QED) is 0.699. The summed E-state index contributed by atoms with van der Waals surface area (Å²) in [7, 11) is 1.67. The molecule has 0 radical (unpaired) electrons. The molecule has 22 heavy (non-hydrogen) atoms. The van der Waals surface area contributed by atoms with E-state index < -0.39 is 5.82 Å². The van der Waals surface area contributed by atoms with E-state index in [1.807, 2.05) is 12.1 Å². The summed E-state index contributed by atoms with van der Waals surface area (Å²) in [4.78, 5) is 4.01. The van der Waals surface area contributed by atoms with Crippen molar-refractivity contribution in [3.05, 3.63) is 36.3 Å². The largest absolute Gasteiger partial charge is 0.385 e. The third-order valence-corrected chi connectivity index (χ3v) is 3.05. The highest BCUT2D eigenvalue weighted by Crippen LogP contribution is 2.16. The standard InChI is InChI=1S/C14H15FN6O/c1-22-8-2-7-16-12-5-6-13-18-19-14(21(13)20-12)11-4-3-10(15)9-17-11/h3-6,9H,2,7-8H2,1H3,(H,16,20). The molecule has 3 heterocycles. The molecule has 0 unspecified atom stereocenters. The Kier molecular flexibility index (Phi) is 4.19. The lowest BCUT2D eigenvalue weighted by atomic mass is 10.3. The Bertz CT molecular complexity index is 758. The van der Waals surface area contributed by atoms with Gasteiger partial charge in [-0.15, -0.1) is 15.3 Å². The van der Waals surface area contributed by atoms with Crippen LogP contribution in [0.25, 0.3) is 17.2 Å². The monoisotopic (exact) mass is 302 g/mol. The maximum absolute atomic E-state index is 13.0. The average molecular weight is 302 g/mol. The molecule has 0 aliphatic rings. The first-order valence-corrected chi connectivity index (χ1v) is 6.85. The number of hydrogen-bond acceptors (Lipinski definition) is 6. The zero-order valence-electron chi connectivity index (χ0n) is 12.0. The van der Waals surface area contributed by atoms with Gasteiger partial charge < -0.3 is 10.1 Å². The van der Waals surface area contributed by atoms with Crippen molar-refractivity contribution in [1.29, 1.82) is 0 Å². The Labute approximate surface area is 126 Å². The summed E-state index contributed by atoms with van der Waals surface area (Å²) in [6, 6.07) is 6.52. The summed E-state index contributed by atoms with van der Waals surface area (Å²) >= 11 is 0. The summed E-state index contributed by atoms with van der Waals surface area (Å²) in [6.07, 6.45) is 2.02. The van der Waals surface area contributed by atoms with Crippen LogP contribution >= 0.6 is 0 Å². The molecule has 3 rings (SSSR count). The van der Waals surface area contributed by atoms with Crippen LogP contribution in [0.1, 0.15) is 6.42 Å². The normalized spacial score (nSPS) is 11.0. The maximum atomic E-state index is 13.0. The van der Waals surface area contributed by atoms with Crippen LogP contribution in [0.5, 0.6) is 0 Å². The number of nitrogens with one attached hydrogen (secondary N) is 1. The summed E-state index contributed by atoms with van der Waals surface area (Å²) < 4.78 is 19.5. The van der Waals surface area contributed by atoms with Crippen LogP contribution in [0.3, 0.4) is 0 Å². The van der Waals surface area contributed by atoms with E-state index in [0.717, 1.165) is 19.2 Å². The molecule has 0 saturated carbocycles. The van der Waals surface area contributed by atoms with E-state index in [4.69, 9.17) is 4.74 Å². The number of methoxy groups -OCH3 is 1. The third kappa shape index (κ3) is 3.01. The van der Waals surface area contributed by atoms with E-state index in [1.54, 1.807) is 17.7 Å². The van der Waals surface area contributed by atoms with Crippen LogP contribution in [0.2, 0.25) is 0 Å². The highest BCUT2D eigenvalue weighted by atomic mass is 19.1. The summed E-state index contributed by atoms with van der Waals surface area (Å²) in [5, 5.41) is 15.7. The number of aromatic nitrogens is 5. The molecule has 0 bridgehead atoms. The van der Waals surface area contributed by atoms with Crippen molar-refractivity contribution in [2.45, 2.75) is 6.42 Å².